The fourth-order valence-corrected chi connectivity index (χ4v) is 2.10. The standard InChI is InChI=1S/C7H6IO3S/c1-11-12(9,10)7-4-2-3-6(8)5-7/h2-5H,1H2. The molecule has 1 aromatic rings. The monoisotopic (exact) mass is 297 g/mol. The maximum Gasteiger partial charge on any atom is 0.297 e. The Balaban J connectivity index is 3.21. The minimum Gasteiger partial charge on any atom is -0.264 e. The van der Waals surface area contributed by atoms with Crippen LogP contribution in [0.4, 0.5) is 0 Å². The first kappa shape index (κ1) is 9.94. The molecule has 5 heteroatoms. The van der Waals surface area contributed by atoms with Gasteiger partial charge >= 0.3 is 0 Å². The van der Waals surface area contributed by atoms with Gasteiger partial charge in [0, 0.05) is 3.57 Å². The van der Waals surface area contributed by atoms with Gasteiger partial charge in [-0.2, -0.15) is 8.42 Å². The summed E-state index contributed by atoms with van der Waals surface area (Å²) < 4.78 is 27.1. The van der Waals surface area contributed by atoms with Crippen LogP contribution >= 0.6 is 22.6 Å². The fourth-order valence-electron chi connectivity index (χ4n) is 0.691. The SMILES string of the molecule is [CH2]OS(=O)(=O)c1cccc(I)c1. The Labute approximate surface area is 85.0 Å². The summed E-state index contributed by atoms with van der Waals surface area (Å²) in [5, 5.41) is 0. The van der Waals surface area contributed by atoms with Crippen molar-refractivity contribution in [3.63, 3.8) is 0 Å². The molecule has 0 saturated carbocycles. The molecule has 3 nitrogen and oxygen atoms in total. The molecule has 0 aromatic heterocycles. The summed E-state index contributed by atoms with van der Waals surface area (Å²) in [4.78, 5) is 0.129. The molecule has 1 aromatic carbocycles. The molecule has 0 heterocycles. The zero-order valence-electron chi connectivity index (χ0n) is 6.03. The third-order valence-corrected chi connectivity index (χ3v) is 3.05. The highest BCUT2D eigenvalue weighted by Gasteiger charge is 2.11. The summed E-state index contributed by atoms with van der Waals surface area (Å²) in [5.41, 5.74) is 0. The van der Waals surface area contributed by atoms with Crippen molar-refractivity contribution in [1.29, 1.82) is 0 Å². The molecule has 0 amide bonds. The fraction of sp³-hybridized carbons (Fsp3) is 0. The van der Waals surface area contributed by atoms with E-state index in [2.05, 4.69) is 11.3 Å². The van der Waals surface area contributed by atoms with Crippen LogP contribution in [0.2, 0.25) is 0 Å². The van der Waals surface area contributed by atoms with Crippen molar-refractivity contribution in [3.8, 4) is 0 Å². The topological polar surface area (TPSA) is 43.4 Å². The molecule has 0 fully saturated rings. The van der Waals surface area contributed by atoms with Gasteiger partial charge in [-0.1, -0.05) is 6.07 Å². The Morgan fingerprint density at radius 1 is 1.42 bits per heavy atom. The number of hydrogen-bond donors (Lipinski definition) is 0. The molecule has 0 N–H and O–H groups in total. The van der Waals surface area contributed by atoms with Crippen LogP contribution in [0, 0.1) is 10.7 Å². The number of benzene rings is 1. The highest BCUT2D eigenvalue weighted by molar-refractivity contribution is 14.1. The molecule has 0 saturated heterocycles. The first-order valence-corrected chi connectivity index (χ1v) is 5.49. The lowest BCUT2D eigenvalue weighted by Gasteiger charge is -2.00. The van der Waals surface area contributed by atoms with Gasteiger partial charge in [0.2, 0.25) is 0 Å². The molecular weight excluding hydrogens is 291 g/mol. The van der Waals surface area contributed by atoms with E-state index in [-0.39, 0.29) is 4.90 Å². The summed E-state index contributed by atoms with van der Waals surface area (Å²) in [6.07, 6.45) is 0. The average molecular weight is 297 g/mol. The predicted molar refractivity (Wildman–Crippen MR) is 52.8 cm³/mol. The van der Waals surface area contributed by atoms with Crippen molar-refractivity contribution in [2.24, 2.45) is 0 Å². The zero-order valence-corrected chi connectivity index (χ0v) is 9.00. The van der Waals surface area contributed by atoms with E-state index in [0.717, 1.165) is 3.57 Å². The third kappa shape index (κ3) is 2.18. The number of rotatable bonds is 2. The van der Waals surface area contributed by atoms with E-state index in [4.69, 9.17) is 0 Å². The highest BCUT2D eigenvalue weighted by atomic mass is 127. The normalized spacial score (nSPS) is 11.5. The van der Waals surface area contributed by atoms with Crippen LogP contribution < -0.4 is 0 Å². The molecule has 0 atom stereocenters. The second kappa shape index (κ2) is 3.71. The van der Waals surface area contributed by atoms with Gasteiger partial charge < -0.3 is 0 Å². The van der Waals surface area contributed by atoms with Crippen LogP contribution in [0.1, 0.15) is 0 Å². The van der Waals surface area contributed by atoms with Crippen LogP contribution in [0.5, 0.6) is 0 Å². The first-order chi connectivity index (χ1) is 5.56. The van der Waals surface area contributed by atoms with Gasteiger partial charge in [0.25, 0.3) is 10.1 Å². The third-order valence-electron chi connectivity index (χ3n) is 1.24. The molecule has 65 valence electrons. The molecule has 0 aliphatic heterocycles. The van der Waals surface area contributed by atoms with Crippen LogP contribution in [0.15, 0.2) is 29.2 Å². The van der Waals surface area contributed by atoms with Gasteiger partial charge in [-0.15, -0.1) is 0 Å². The minimum absolute atomic E-state index is 0.129. The highest BCUT2D eigenvalue weighted by Crippen LogP contribution is 2.14. The van der Waals surface area contributed by atoms with E-state index in [0.29, 0.717) is 0 Å². The van der Waals surface area contributed by atoms with Crippen molar-refractivity contribution in [2.45, 2.75) is 4.90 Å². The molecule has 12 heavy (non-hydrogen) atoms. The summed E-state index contributed by atoms with van der Waals surface area (Å²) in [6.45, 7) is 0. The molecule has 0 spiro atoms. The summed E-state index contributed by atoms with van der Waals surface area (Å²) in [7, 11) is -0.764. The Hall–Kier alpha value is -0.140. The lowest BCUT2D eigenvalue weighted by Crippen LogP contribution is -2.01. The van der Waals surface area contributed by atoms with Gasteiger partial charge in [0.05, 0.1) is 12.0 Å². The van der Waals surface area contributed by atoms with Gasteiger partial charge in [-0.05, 0) is 40.8 Å². The van der Waals surface area contributed by atoms with Gasteiger partial charge in [0.15, 0.2) is 0 Å². The Morgan fingerprint density at radius 3 is 2.58 bits per heavy atom. The summed E-state index contributed by atoms with van der Waals surface area (Å²) in [6, 6.07) is 6.42. The first-order valence-electron chi connectivity index (χ1n) is 3.00. The largest absolute Gasteiger partial charge is 0.297 e. The molecular formula is C7H6IO3S. The minimum atomic E-state index is -3.64. The maximum atomic E-state index is 11.1. The molecule has 0 aliphatic carbocycles. The van der Waals surface area contributed by atoms with E-state index in [9.17, 15) is 8.42 Å². The van der Waals surface area contributed by atoms with Crippen LogP contribution in [-0.4, -0.2) is 8.42 Å². The molecule has 1 rings (SSSR count). The lowest BCUT2D eigenvalue weighted by atomic mass is 10.4. The second-order valence-corrected chi connectivity index (χ2v) is 4.89. The predicted octanol–water partition coefficient (Wildman–Crippen LogP) is 1.79. The van der Waals surface area contributed by atoms with Gasteiger partial charge in [-0.3, -0.25) is 4.18 Å². The van der Waals surface area contributed by atoms with E-state index in [1.165, 1.54) is 12.1 Å². The second-order valence-electron chi connectivity index (χ2n) is 2.03. The van der Waals surface area contributed by atoms with Gasteiger partial charge in [-0.25, -0.2) is 0 Å². The van der Waals surface area contributed by atoms with Crippen LogP contribution in [0.25, 0.3) is 0 Å². The molecule has 0 unspecified atom stereocenters. The average Bonchev–Trinajstić information content (AvgIpc) is 2.05. The van der Waals surface area contributed by atoms with Gasteiger partial charge in [0.1, 0.15) is 0 Å². The number of halogens is 1. The van der Waals surface area contributed by atoms with Crippen LogP contribution in [0.3, 0.4) is 0 Å². The van der Waals surface area contributed by atoms with Crippen molar-refractivity contribution in [2.75, 3.05) is 0 Å². The summed E-state index contributed by atoms with van der Waals surface area (Å²) >= 11 is 2.02. The molecule has 0 aliphatic rings. The lowest BCUT2D eigenvalue weighted by molar-refractivity contribution is 0.438. The Kier molecular flexibility index (Phi) is 3.08. The van der Waals surface area contributed by atoms with Crippen molar-refractivity contribution in [1.82, 2.24) is 0 Å². The quantitative estimate of drug-likeness (QED) is 0.617. The maximum absolute atomic E-state index is 11.1. The van der Waals surface area contributed by atoms with E-state index < -0.39 is 10.1 Å². The summed E-state index contributed by atoms with van der Waals surface area (Å²) in [5.74, 6) is 0. The van der Waals surface area contributed by atoms with Crippen LogP contribution in [-0.2, 0) is 14.3 Å². The van der Waals surface area contributed by atoms with E-state index >= 15 is 0 Å². The molecule has 1 radical (unpaired) electrons. The van der Waals surface area contributed by atoms with Crippen molar-refractivity contribution < 1.29 is 12.6 Å². The number of hydrogen-bond acceptors (Lipinski definition) is 3. The van der Waals surface area contributed by atoms with Crippen molar-refractivity contribution in [3.05, 3.63) is 34.9 Å². The Morgan fingerprint density at radius 2 is 2.08 bits per heavy atom. The smallest absolute Gasteiger partial charge is 0.264 e. The zero-order chi connectivity index (χ0) is 9.19. The molecule has 0 bridgehead atoms. The Bertz CT molecular complexity index is 372. The van der Waals surface area contributed by atoms with E-state index in [1.807, 2.05) is 22.6 Å². The van der Waals surface area contributed by atoms with E-state index in [1.54, 1.807) is 12.1 Å². The van der Waals surface area contributed by atoms with Crippen molar-refractivity contribution >= 4 is 32.7 Å².